The van der Waals surface area contributed by atoms with Crippen molar-refractivity contribution in [2.75, 3.05) is 18.0 Å². The minimum Gasteiger partial charge on any atom is -0.356 e. The van der Waals surface area contributed by atoms with Gasteiger partial charge in [-0.25, -0.2) is 9.97 Å². The summed E-state index contributed by atoms with van der Waals surface area (Å²) >= 11 is 0. The smallest absolute Gasteiger partial charge is 0.133 e. The summed E-state index contributed by atoms with van der Waals surface area (Å²) < 4.78 is 0. The molecule has 1 aliphatic rings. The minimum atomic E-state index is 0.314. The Hall–Kier alpha value is -1.94. The van der Waals surface area contributed by atoms with E-state index in [1.807, 2.05) is 18.2 Å². The molecule has 1 fully saturated rings. The first-order chi connectivity index (χ1) is 10.6. The average molecular weight is 296 g/mol. The quantitative estimate of drug-likeness (QED) is 0.945. The molecule has 4 nitrogen and oxygen atoms in total. The van der Waals surface area contributed by atoms with Gasteiger partial charge < -0.3 is 10.6 Å². The zero-order chi connectivity index (χ0) is 15.5. The van der Waals surface area contributed by atoms with Gasteiger partial charge in [-0.2, -0.15) is 0 Å². The Balaban J connectivity index is 1.97. The second-order valence-electron chi connectivity index (χ2n) is 6.31. The van der Waals surface area contributed by atoms with Gasteiger partial charge in [-0.15, -0.1) is 0 Å². The summed E-state index contributed by atoms with van der Waals surface area (Å²) in [6.07, 6.45) is 2.06. The molecule has 0 aliphatic carbocycles. The molecule has 0 radical (unpaired) electrons. The van der Waals surface area contributed by atoms with E-state index in [0.29, 0.717) is 12.0 Å². The van der Waals surface area contributed by atoms with Crippen molar-refractivity contribution < 1.29 is 0 Å². The highest BCUT2D eigenvalue weighted by atomic mass is 15.2. The maximum absolute atomic E-state index is 6.01. The number of nitrogens with two attached hydrogens (primary N) is 1. The molecule has 0 saturated carbocycles. The van der Waals surface area contributed by atoms with Crippen LogP contribution < -0.4 is 10.6 Å². The molecule has 0 spiro atoms. The van der Waals surface area contributed by atoms with Crippen molar-refractivity contribution >= 4 is 5.82 Å². The van der Waals surface area contributed by atoms with Gasteiger partial charge in [0.15, 0.2) is 0 Å². The normalized spacial score (nSPS) is 16.3. The van der Waals surface area contributed by atoms with Crippen LogP contribution in [0.25, 0.3) is 11.3 Å². The van der Waals surface area contributed by atoms with E-state index in [9.17, 15) is 0 Å². The molecule has 3 rings (SSSR count). The highest BCUT2D eigenvalue weighted by molar-refractivity contribution is 5.63. The molecular formula is C18H24N4. The molecule has 2 aromatic rings. The topological polar surface area (TPSA) is 55.0 Å². The first-order valence-corrected chi connectivity index (χ1v) is 8.08. The van der Waals surface area contributed by atoms with Crippen molar-refractivity contribution in [2.45, 2.75) is 38.6 Å². The molecule has 0 amide bonds. The number of hydrogen-bond donors (Lipinski definition) is 1. The second kappa shape index (κ2) is 6.44. The predicted octanol–water partition coefficient (Wildman–Crippen LogP) is 3.19. The monoisotopic (exact) mass is 296 g/mol. The maximum Gasteiger partial charge on any atom is 0.133 e. The van der Waals surface area contributed by atoms with Crippen LogP contribution in [0, 0.1) is 0 Å². The molecule has 0 unspecified atom stereocenters. The lowest BCUT2D eigenvalue weighted by Gasteiger charge is -2.31. The van der Waals surface area contributed by atoms with Crippen LogP contribution in [0.1, 0.15) is 38.4 Å². The SMILES string of the molecule is CC(C)c1nc(-c2ccccc2)cc(N2CCC(N)CC2)n1. The van der Waals surface area contributed by atoms with E-state index in [0.717, 1.165) is 48.8 Å². The van der Waals surface area contributed by atoms with Crippen molar-refractivity contribution in [3.8, 4) is 11.3 Å². The van der Waals surface area contributed by atoms with Crippen LogP contribution in [-0.2, 0) is 0 Å². The van der Waals surface area contributed by atoms with Crippen molar-refractivity contribution in [1.29, 1.82) is 0 Å². The summed E-state index contributed by atoms with van der Waals surface area (Å²) in [6.45, 7) is 6.23. The number of hydrogen-bond acceptors (Lipinski definition) is 4. The molecule has 0 bridgehead atoms. The van der Waals surface area contributed by atoms with E-state index < -0.39 is 0 Å². The highest BCUT2D eigenvalue weighted by Gasteiger charge is 2.19. The Morgan fingerprint density at radius 2 is 1.77 bits per heavy atom. The lowest BCUT2D eigenvalue weighted by atomic mass is 10.1. The van der Waals surface area contributed by atoms with E-state index in [-0.39, 0.29) is 0 Å². The van der Waals surface area contributed by atoms with Crippen LogP contribution in [0.4, 0.5) is 5.82 Å². The minimum absolute atomic E-state index is 0.314. The van der Waals surface area contributed by atoms with E-state index in [2.05, 4.69) is 36.9 Å². The molecule has 4 heteroatoms. The van der Waals surface area contributed by atoms with Crippen LogP contribution in [0.5, 0.6) is 0 Å². The molecule has 1 saturated heterocycles. The highest BCUT2D eigenvalue weighted by Crippen LogP contribution is 2.25. The molecule has 1 aromatic carbocycles. The maximum atomic E-state index is 6.01. The molecule has 116 valence electrons. The third-order valence-electron chi connectivity index (χ3n) is 4.18. The lowest BCUT2D eigenvalue weighted by molar-refractivity contribution is 0.498. The lowest BCUT2D eigenvalue weighted by Crippen LogP contribution is -2.40. The molecule has 0 atom stereocenters. The van der Waals surface area contributed by atoms with Crippen LogP contribution in [0.3, 0.4) is 0 Å². The van der Waals surface area contributed by atoms with Gasteiger partial charge in [0.2, 0.25) is 0 Å². The standard InChI is InChI=1S/C18H24N4/c1-13(2)18-20-16(14-6-4-3-5-7-14)12-17(21-18)22-10-8-15(19)9-11-22/h3-7,12-13,15H,8-11,19H2,1-2H3. The molecule has 2 N–H and O–H groups in total. The largest absolute Gasteiger partial charge is 0.356 e. The van der Waals surface area contributed by atoms with Crippen molar-refractivity contribution in [1.82, 2.24) is 9.97 Å². The number of piperidine rings is 1. The Morgan fingerprint density at radius 1 is 1.09 bits per heavy atom. The Labute approximate surface area is 132 Å². The van der Waals surface area contributed by atoms with Gasteiger partial charge in [0, 0.05) is 36.7 Å². The van der Waals surface area contributed by atoms with Crippen molar-refractivity contribution in [3.05, 3.63) is 42.2 Å². The van der Waals surface area contributed by atoms with Gasteiger partial charge in [0.25, 0.3) is 0 Å². The third-order valence-corrected chi connectivity index (χ3v) is 4.18. The molecule has 1 aliphatic heterocycles. The van der Waals surface area contributed by atoms with Crippen LogP contribution in [0.15, 0.2) is 36.4 Å². The average Bonchev–Trinajstić information content (AvgIpc) is 2.56. The molecule has 22 heavy (non-hydrogen) atoms. The zero-order valence-corrected chi connectivity index (χ0v) is 13.4. The summed E-state index contributed by atoms with van der Waals surface area (Å²) in [5, 5.41) is 0. The van der Waals surface area contributed by atoms with Crippen LogP contribution in [-0.4, -0.2) is 29.1 Å². The fourth-order valence-electron chi connectivity index (χ4n) is 2.76. The Bertz CT molecular complexity index is 616. The van der Waals surface area contributed by atoms with Crippen molar-refractivity contribution in [2.24, 2.45) is 5.73 Å². The Kier molecular flexibility index (Phi) is 4.39. The fourth-order valence-corrected chi connectivity index (χ4v) is 2.76. The number of benzene rings is 1. The van der Waals surface area contributed by atoms with Gasteiger partial charge in [-0.1, -0.05) is 44.2 Å². The van der Waals surface area contributed by atoms with Gasteiger partial charge in [0.05, 0.1) is 5.69 Å². The fraction of sp³-hybridized carbons (Fsp3) is 0.444. The van der Waals surface area contributed by atoms with E-state index in [1.54, 1.807) is 0 Å². The molecule has 2 heterocycles. The Morgan fingerprint density at radius 3 is 2.41 bits per heavy atom. The number of rotatable bonds is 3. The number of aromatic nitrogens is 2. The van der Waals surface area contributed by atoms with Crippen molar-refractivity contribution in [3.63, 3.8) is 0 Å². The van der Waals surface area contributed by atoms with Crippen LogP contribution >= 0.6 is 0 Å². The second-order valence-corrected chi connectivity index (χ2v) is 6.31. The number of anilines is 1. The third kappa shape index (κ3) is 3.28. The zero-order valence-electron chi connectivity index (χ0n) is 13.4. The summed E-state index contributed by atoms with van der Waals surface area (Å²) in [6, 6.07) is 12.8. The molecule has 1 aromatic heterocycles. The van der Waals surface area contributed by atoms with Gasteiger partial charge in [-0.05, 0) is 12.8 Å². The predicted molar refractivity (Wildman–Crippen MR) is 91.0 cm³/mol. The van der Waals surface area contributed by atoms with E-state index in [1.165, 1.54) is 0 Å². The number of nitrogens with zero attached hydrogens (tertiary/aromatic N) is 3. The summed E-state index contributed by atoms with van der Waals surface area (Å²) in [7, 11) is 0. The van der Waals surface area contributed by atoms with Gasteiger partial charge >= 0.3 is 0 Å². The van der Waals surface area contributed by atoms with E-state index >= 15 is 0 Å². The van der Waals surface area contributed by atoms with Gasteiger partial charge in [0.1, 0.15) is 11.6 Å². The summed E-state index contributed by atoms with van der Waals surface area (Å²) in [5.41, 5.74) is 8.16. The van der Waals surface area contributed by atoms with E-state index in [4.69, 9.17) is 15.7 Å². The first-order valence-electron chi connectivity index (χ1n) is 8.08. The summed E-state index contributed by atoms with van der Waals surface area (Å²) in [5.74, 6) is 2.25. The molecular weight excluding hydrogens is 272 g/mol. The first kappa shape index (κ1) is 15.0. The van der Waals surface area contributed by atoms with Crippen LogP contribution in [0.2, 0.25) is 0 Å². The van der Waals surface area contributed by atoms with Gasteiger partial charge in [-0.3, -0.25) is 0 Å². The summed E-state index contributed by atoms with van der Waals surface area (Å²) in [4.78, 5) is 11.9.